The zero-order valence-corrected chi connectivity index (χ0v) is 14.4. The van der Waals surface area contributed by atoms with Crippen molar-refractivity contribution in [3.63, 3.8) is 0 Å². The van der Waals surface area contributed by atoms with E-state index in [1.807, 2.05) is 12.3 Å². The lowest BCUT2D eigenvalue weighted by Crippen LogP contribution is -2.39. The summed E-state index contributed by atoms with van der Waals surface area (Å²) in [5, 5.41) is 6.80. The van der Waals surface area contributed by atoms with Crippen molar-refractivity contribution in [1.29, 1.82) is 0 Å². The molecule has 0 radical (unpaired) electrons. The highest BCUT2D eigenvalue weighted by Crippen LogP contribution is 2.25. The van der Waals surface area contributed by atoms with Crippen molar-refractivity contribution in [2.45, 2.75) is 20.3 Å². The molecule has 0 spiro atoms. The van der Waals surface area contributed by atoms with Crippen LogP contribution in [0.1, 0.15) is 20.3 Å². The van der Waals surface area contributed by atoms with Crippen molar-refractivity contribution in [2.75, 3.05) is 43.6 Å². The molecule has 0 amide bonds. The standard InChI is InChI=1S/C16H26N4OS/c1-12-8-13(2)11-20(10-12)15-5-4-14(9-18-15)19-16(22)17-6-7-21-3/h4-5,9,12-13H,6-8,10-11H2,1-3H3,(H2,17,19,22)/t12-,13+. The summed E-state index contributed by atoms with van der Waals surface area (Å²) in [6, 6.07) is 4.08. The number of hydrogen-bond donors (Lipinski definition) is 2. The zero-order chi connectivity index (χ0) is 15.9. The molecule has 122 valence electrons. The molecule has 1 saturated heterocycles. The fraction of sp³-hybridized carbons (Fsp3) is 0.625. The number of anilines is 2. The van der Waals surface area contributed by atoms with E-state index in [-0.39, 0.29) is 0 Å². The van der Waals surface area contributed by atoms with Crippen LogP contribution in [0.4, 0.5) is 11.5 Å². The van der Waals surface area contributed by atoms with Crippen LogP contribution in [-0.2, 0) is 4.74 Å². The summed E-state index contributed by atoms with van der Waals surface area (Å²) < 4.78 is 4.97. The molecule has 0 saturated carbocycles. The van der Waals surface area contributed by atoms with Crippen molar-refractivity contribution < 1.29 is 4.74 Å². The van der Waals surface area contributed by atoms with Gasteiger partial charge >= 0.3 is 0 Å². The van der Waals surface area contributed by atoms with Gasteiger partial charge in [-0.1, -0.05) is 13.8 Å². The monoisotopic (exact) mass is 322 g/mol. The van der Waals surface area contributed by atoms with Crippen molar-refractivity contribution >= 4 is 28.8 Å². The van der Waals surface area contributed by atoms with E-state index in [2.05, 4.69) is 40.4 Å². The van der Waals surface area contributed by atoms with Crippen LogP contribution in [0.2, 0.25) is 0 Å². The Hall–Kier alpha value is -1.40. The first-order valence-electron chi connectivity index (χ1n) is 7.83. The minimum atomic E-state index is 0.590. The van der Waals surface area contributed by atoms with Crippen molar-refractivity contribution in [1.82, 2.24) is 10.3 Å². The number of aromatic nitrogens is 1. The third-order valence-corrected chi connectivity index (χ3v) is 4.04. The van der Waals surface area contributed by atoms with Gasteiger partial charge in [0.15, 0.2) is 5.11 Å². The molecule has 2 heterocycles. The number of thiocarbonyl (C=S) groups is 1. The van der Waals surface area contributed by atoms with Crippen LogP contribution in [0.3, 0.4) is 0 Å². The molecule has 0 unspecified atom stereocenters. The van der Waals surface area contributed by atoms with E-state index >= 15 is 0 Å². The highest BCUT2D eigenvalue weighted by molar-refractivity contribution is 7.80. The first kappa shape index (κ1) is 17.0. The topological polar surface area (TPSA) is 49.4 Å². The SMILES string of the molecule is COCCNC(=S)Nc1ccc(N2C[C@H](C)C[C@H](C)C2)nc1. The molecule has 2 rings (SSSR count). The van der Waals surface area contributed by atoms with E-state index in [1.165, 1.54) is 6.42 Å². The Morgan fingerprint density at radius 3 is 2.68 bits per heavy atom. The maximum Gasteiger partial charge on any atom is 0.170 e. The second-order valence-corrected chi connectivity index (χ2v) is 6.54. The number of methoxy groups -OCH3 is 1. The Morgan fingerprint density at radius 2 is 2.09 bits per heavy atom. The molecule has 5 nitrogen and oxygen atoms in total. The van der Waals surface area contributed by atoms with Gasteiger partial charge in [0.25, 0.3) is 0 Å². The quantitative estimate of drug-likeness (QED) is 0.642. The molecule has 1 aromatic rings. The van der Waals surface area contributed by atoms with Crippen LogP contribution in [0, 0.1) is 11.8 Å². The van der Waals surface area contributed by atoms with Gasteiger partial charge in [-0.15, -0.1) is 0 Å². The molecule has 2 N–H and O–H groups in total. The molecule has 2 atom stereocenters. The van der Waals surface area contributed by atoms with Gasteiger partial charge in [-0.2, -0.15) is 0 Å². The van der Waals surface area contributed by atoms with Crippen LogP contribution in [0.5, 0.6) is 0 Å². The minimum absolute atomic E-state index is 0.590. The fourth-order valence-electron chi connectivity index (χ4n) is 2.94. The number of hydrogen-bond acceptors (Lipinski definition) is 4. The summed E-state index contributed by atoms with van der Waals surface area (Å²) in [6.07, 6.45) is 3.14. The maximum atomic E-state index is 5.22. The second kappa shape index (κ2) is 8.29. The van der Waals surface area contributed by atoms with Gasteiger partial charge in [0, 0.05) is 26.7 Å². The van der Waals surface area contributed by atoms with E-state index < -0.39 is 0 Å². The lowest BCUT2D eigenvalue weighted by Gasteiger charge is -2.35. The summed E-state index contributed by atoms with van der Waals surface area (Å²) in [4.78, 5) is 6.94. The van der Waals surface area contributed by atoms with E-state index in [1.54, 1.807) is 7.11 Å². The second-order valence-electron chi connectivity index (χ2n) is 6.13. The predicted octanol–water partition coefficient (Wildman–Crippen LogP) is 2.50. The van der Waals surface area contributed by atoms with Crippen LogP contribution in [0.15, 0.2) is 18.3 Å². The Morgan fingerprint density at radius 1 is 1.36 bits per heavy atom. The van der Waals surface area contributed by atoms with Crippen molar-refractivity contribution in [3.8, 4) is 0 Å². The van der Waals surface area contributed by atoms with E-state index in [0.717, 1.165) is 36.4 Å². The molecule has 6 heteroatoms. The van der Waals surface area contributed by atoms with Gasteiger partial charge in [0.05, 0.1) is 18.5 Å². The van der Waals surface area contributed by atoms with Gasteiger partial charge in [0.2, 0.25) is 0 Å². The number of piperidine rings is 1. The first-order chi connectivity index (χ1) is 10.6. The maximum absolute atomic E-state index is 5.22. The molecule has 1 aliphatic rings. The van der Waals surface area contributed by atoms with E-state index in [9.17, 15) is 0 Å². The van der Waals surface area contributed by atoms with Gasteiger partial charge in [-0.25, -0.2) is 4.98 Å². The van der Waals surface area contributed by atoms with E-state index in [0.29, 0.717) is 18.3 Å². The van der Waals surface area contributed by atoms with Gasteiger partial charge in [0.1, 0.15) is 5.82 Å². The minimum Gasteiger partial charge on any atom is -0.383 e. The Kier molecular flexibility index (Phi) is 6.39. The molecule has 0 bridgehead atoms. The molecular formula is C16H26N4OS. The lowest BCUT2D eigenvalue weighted by atomic mass is 9.92. The average molecular weight is 322 g/mol. The molecule has 1 aromatic heterocycles. The van der Waals surface area contributed by atoms with Crippen LogP contribution >= 0.6 is 12.2 Å². The average Bonchev–Trinajstić information content (AvgIpc) is 2.47. The molecule has 1 aliphatic heterocycles. The van der Waals surface area contributed by atoms with Crippen molar-refractivity contribution in [2.24, 2.45) is 11.8 Å². The number of ether oxygens (including phenoxy) is 1. The van der Waals surface area contributed by atoms with Crippen molar-refractivity contribution in [3.05, 3.63) is 18.3 Å². The molecule has 22 heavy (non-hydrogen) atoms. The predicted molar refractivity (Wildman–Crippen MR) is 95.5 cm³/mol. The Balaban J connectivity index is 1.88. The number of pyridine rings is 1. The highest BCUT2D eigenvalue weighted by atomic mass is 32.1. The summed E-state index contributed by atoms with van der Waals surface area (Å²) in [6.45, 7) is 8.11. The summed E-state index contributed by atoms with van der Waals surface area (Å²) in [7, 11) is 1.67. The van der Waals surface area contributed by atoms with Gasteiger partial charge < -0.3 is 20.3 Å². The first-order valence-corrected chi connectivity index (χ1v) is 8.24. The fourth-order valence-corrected chi connectivity index (χ4v) is 3.16. The molecular weight excluding hydrogens is 296 g/mol. The normalized spacial score (nSPS) is 21.5. The Bertz CT molecular complexity index is 470. The number of nitrogens with one attached hydrogen (secondary N) is 2. The molecule has 0 aliphatic carbocycles. The third kappa shape index (κ3) is 5.10. The number of nitrogens with zero attached hydrogens (tertiary/aromatic N) is 2. The largest absolute Gasteiger partial charge is 0.383 e. The van der Waals surface area contributed by atoms with Gasteiger partial charge in [-0.05, 0) is 42.6 Å². The molecule has 1 fully saturated rings. The highest BCUT2D eigenvalue weighted by Gasteiger charge is 2.22. The summed E-state index contributed by atoms with van der Waals surface area (Å²) in [5.41, 5.74) is 0.900. The zero-order valence-electron chi connectivity index (χ0n) is 13.6. The van der Waals surface area contributed by atoms with Crippen LogP contribution < -0.4 is 15.5 Å². The molecule has 0 aromatic carbocycles. The van der Waals surface area contributed by atoms with Gasteiger partial charge in [-0.3, -0.25) is 0 Å². The van der Waals surface area contributed by atoms with Crippen LogP contribution in [-0.4, -0.2) is 43.4 Å². The number of rotatable bonds is 5. The lowest BCUT2D eigenvalue weighted by molar-refractivity contribution is 0.204. The smallest absolute Gasteiger partial charge is 0.170 e. The summed E-state index contributed by atoms with van der Waals surface area (Å²) >= 11 is 5.22. The third-order valence-electron chi connectivity index (χ3n) is 3.79. The van der Waals surface area contributed by atoms with Crippen LogP contribution in [0.25, 0.3) is 0 Å². The van der Waals surface area contributed by atoms with E-state index in [4.69, 9.17) is 17.0 Å². The Labute approximate surface area is 138 Å². The summed E-state index contributed by atoms with van der Waals surface area (Å²) in [5.74, 6) is 2.49.